The Morgan fingerprint density at radius 2 is 2.20 bits per heavy atom. The van der Waals surface area contributed by atoms with Crippen LogP contribution in [-0.4, -0.2) is 26.2 Å². The van der Waals surface area contributed by atoms with Crippen LogP contribution in [0.4, 0.5) is 18.9 Å². The van der Waals surface area contributed by atoms with Crippen LogP contribution in [0.1, 0.15) is 24.0 Å². The Hall–Kier alpha value is -1.74. The molecule has 0 spiro atoms. The largest absolute Gasteiger partial charge is 0.416 e. The number of alkyl halides is 3. The summed E-state index contributed by atoms with van der Waals surface area (Å²) in [5.74, 6) is 0. The van der Waals surface area contributed by atoms with E-state index in [4.69, 9.17) is 5.26 Å². The first-order chi connectivity index (χ1) is 9.41. The average Bonchev–Trinajstić information content (AvgIpc) is 2.89. The number of benzene rings is 1. The zero-order valence-corrected chi connectivity index (χ0v) is 11.2. The highest BCUT2D eigenvalue weighted by molar-refractivity contribution is 5.60. The van der Waals surface area contributed by atoms with E-state index in [2.05, 4.69) is 5.32 Å². The number of rotatable bonds is 3. The van der Waals surface area contributed by atoms with E-state index < -0.39 is 11.7 Å². The molecule has 108 valence electrons. The third kappa shape index (κ3) is 3.23. The molecule has 1 aromatic carbocycles. The van der Waals surface area contributed by atoms with E-state index in [1.165, 1.54) is 6.07 Å². The van der Waals surface area contributed by atoms with Crippen LogP contribution in [-0.2, 0) is 6.18 Å². The van der Waals surface area contributed by atoms with Crippen molar-refractivity contribution < 1.29 is 13.2 Å². The number of nitriles is 1. The van der Waals surface area contributed by atoms with Crippen molar-refractivity contribution in [2.75, 3.05) is 25.0 Å². The van der Waals surface area contributed by atoms with Gasteiger partial charge in [-0.1, -0.05) is 0 Å². The van der Waals surface area contributed by atoms with Crippen molar-refractivity contribution in [1.82, 2.24) is 5.32 Å². The van der Waals surface area contributed by atoms with E-state index in [1.54, 1.807) is 7.05 Å². The normalized spacial score (nSPS) is 18.9. The molecule has 20 heavy (non-hydrogen) atoms. The first-order valence-corrected chi connectivity index (χ1v) is 6.47. The summed E-state index contributed by atoms with van der Waals surface area (Å²) in [4.78, 5) is 1.84. The highest BCUT2D eigenvalue weighted by Gasteiger charge is 2.31. The van der Waals surface area contributed by atoms with E-state index in [9.17, 15) is 13.2 Å². The molecular formula is C14H16F3N3. The van der Waals surface area contributed by atoms with E-state index in [0.717, 1.165) is 31.5 Å². The van der Waals surface area contributed by atoms with Gasteiger partial charge in [-0.25, -0.2) is 0 Å². The van der Waals surface area contributed by atoms with Crippen molar-refractivity contribution in [3.8, 4) is 6.07 Å². The van der Waals surface area contributed by atoms with Crippen LogP contribution in [0.25, 0.3) is 0 Å². The van der Waals surface area contributed by atoms with E-state index in [-0.39, 0.29) is 5.56 Å². The topological polar surface area (TPSA) is 39.1 Å². The molecule has 1 N–H and O–H groups in total. The Kier molecular flexibility index (Phi) is 4.19. The third-order valence-corrected chi connectivity index (χ3v) is 3.51. The molecule has 1 heterocycles. The predicted molar refractivity (Wildman–Crippen MR) is 70.5 cm³/mol. The van der Waals surface area contributed by atoms with Crippen molar-refractivity contribution in [2.45, 2.75) is 25.1 Å². The number of hydrogen-bond donors (Lipinski definition) is 1. The monoisotopic (exact) mass is 283 g/mol. The Bertz CT molecular complexity index is 513. The first kappa shape index (κ1) is 14.7. The van der Waals surface area contributed by atoms with Crippen LogP contribution in [0, 0.1) is 11.3 Å². The van der Waals surface area contributed by atoms with Crippen LogP contribution in [0.15, 0.2) is 18.2 Å². The average molecular weight is 283 g/mol. The molecule has 0 bridgehead atoms. The summed E-state index contributed by atoms with van der Waals surface area (Å²) in [7, 11) is 1.80. The van der Waals surface area contributed by atoms with Gasteiger partial charge in [-0.05, 0) is 37.6 Å². The van der Waals surface area contributed by atoms with Crippen molar-refractivity contribution >= 4 is 5.69 Å². The second-order valence-electron chi connectivity index (χ2n) is 5.02. The molecule has 0 radical (unpaired) electrons. The molecule has 0 saturated carbocycles. The Morgan fingerprint density at radius 3 is 2.75 bits per heavy atom. The molecule has 0 aromatic heterocycles. The summed E-state index contributed by atoms with van der Waals surface area (Å²) in [5, 5.41) is 12.4. The highest BCUT2D eigenvalue weighted by atomic mass is 19.4. The van der Waals surface area contributed by atoms with Gasteiger partial charge in [0.2, 0.25) is 0 Å². The summed E-state index contributed by atoms with van der Waals surface area (Å²) >= 11 is 0. The number of likely N-dealkylation sites (N-methyl/N-ethyl adjacent to an activating group) is 1. The molecule has 0 amide bonds. The lowest BCUT2D eigenvalue weighted by Crippen LogP contribution is -2.35. The zero-order valence-electron chi connectivity index (χ0n) is 11.2. The summed E-state index contributed by atoms with van der Waals surface area (Å²) in [6.45, 7) is 1.65. The second kappa shape index (κ2) is 5.71. The van der Waals surface area contributed by atoms with Gasteiger partial charge in [0.15, 0.2) is 0 Å². The second-order valence-corrected chi connectivity index (χ2v) is 5.02. The Balaban J connectivity index is 2.20. The summed E-state index contributed by atoms with van der Waals surface area (Å²) < 4.78 is 37.9. The maximum atomic E-state index is 12.6. The van der Waals surface area contributed by atoms with E-state index in [0.29, 0.717) is 18.3 Å². The van der Waals surface area contributed by atoms with Gasteiger partial charge in [0.05, 0.1) is 16.8 Å². The van der Waals surface area contributed by atoms with Crippen LogP contribution >= 0.6 is 0 Å². The molecule has 1 aliphatic heterocycles. The van der Waals surface area contributed by atoms with Gasteiger partial charge in [0.1, 0.15) is 6.07 Å². The molecule has 1 saturated heterocycles. The third-order valence-electron chi connectivity index (χ3n) is 3.51. The standard InChI is InChI=1S/C14H16F3N3/c1-20(9-12-3-2-6-19-12)13-5-4-11(14(15,16)17)7-10(13)8-18/h4-5,7,12,19H,2-3,6,9H2,1H3. The molecule has 6 heteroatoms. The molecule has 1 aliphatic rings. The number of halogens is 3. The molecule has 3 nitrogen and oxygen atoms in total. The number of anilines is 1. The van der Waals surface area contributed by atoms with Gasteiger partial charge in [0, 0.05) is 19.6 Å². The predicted octanol–water partition coefficient (Wildman–Crippen LogP) is 2.77. The van der Waals surface area contributed by atoms with E-state index in [1.807, 2.05) is 11.0 Å². The fourth-order valence-corrected chi connectivity index (χ4v) is 2.48. The van der Waals surface area contributed by atoms with Gasteiger partial charge in [0.25, 0.3) is 0 Å². The molecule has 1 unspecified atom stereocenters. The van der Waals surface area contributed by atoms with Gasteiger partial charge in [-0.15, -0.1) is 0 Å². The first-order valence-electron chi connectivity index (χ1n) is 6.47. The molecule has 1 fully saturated rings. The molecule has 0 aliphatic carbocycles. The lowest BCUT2D eigenvalue weighted by atomic mass is 10.1. The summed E-state index contributed by atoms with van der Waals surface area (Å²) in [6, 6.07) is 5.48. The fourth-order valence-electron chi connectivity index (χ4n) is 2.48. The Labute approximate surface area is 116 Å². The minimum atomic E-state index is -4.42. The van der Waals surface area contributed by atoms with Gasteiger partial charge in [-0.3, -0.25) is 0 Å². The summed E-state index contributed by atoms with van der Waals surface area (Å²) in [6.07, 6.45) is -2.26. The lowest BCUT2D eigenvalue weighted by Gasteiger charge is -2.24. The maximum absolute atomic E-state index is 12.6. The van der Waals surface area contributed by atoms with Crippen molar-refractivity contribution in [3.05, 3.63) is 29.3 Å². The number of nitrogens with zero attached hydrogens (tertiary/aromatic N) is 2. The SMILES string of the molecule is CN(CC1CCCN1)c1ccc(C(F)(F)F)cc1C#N. The zero-order chi connectivity index (χ0) is 14.8. The lowest BCUT2D eigenvalue weighted by molar-refractivity contribution is -0.137. The fraction of sp³-hybridized carbons (Fsp3) is 0.500. The van der Waals surface area contributed by atoms with Gasteiger partial charge in [-0.2, -0.15) is 18.4 Å². The van der Waals surface area contributed by atoms with Crippen LogP contribution in [0.2, 0.25) is 0 Å². The number of hydrogen-bond acceptors (Lipinski definition) is 3. The number of nitrogens with one attached hydrogen (secondary N) is 1. The molecule has 1 atom stereocenters. The minimum absolute atomic E-state index is 0.0559. The Morgan fingerprint density at radius 1 is 1.45 bits per heavy atom. The van der Waals surface area contributed by atoms with E-state index >= 15 is 0 Å². The van der Waals surface area contributed by atoms with Crippen molar-refractivity contribution in [3.63, 3.8) is 0 Å². The quantitative estimate of drug-likeness (QED) is 0.927. The van der Waals surface area contributed by atoms with Crippen molar-refractivity contribution in [1.29, 1.82) is 5.26 Å². The van der Waals surface area contributed by atoms with Crippen LogP contribution < -0.4 is 10.2 Å². The smallest absolute Gasteiger partial charge is 0.372 e. The maximum Gasteiger partial charge on any atom is 0.416 e. The summed E-state index contributed by atoms with van der Waals surface area (Å²) in [5.41, 5.74) is -0.195. The molecular weight excluding hydrogens is 267 g/mol. The molecule has 1 aromatic rings. The minimum Gasteiger partial charge on any atom is -0.372 e. The van der Waals surface area contributed by atoms with Crippen LogP contribution in [0.3, 0.4) is 0 Å². The van der Waals surface area contributed by atoms with Crippen molar-refractivity contribution in [2.24, 2.45) is 0 Å². The van der Waals surface area contributed by atoms with Crippen LogP contribution in [0.5, 0.6) is 0 Å². The molecule has 2 rings (SSSR count). The highest BCUT2D eigenvalue weighted by Crippen LogP contribution is 2.32. The van der Waals surface area contributed by atoms with Gasteiger partial charge < -0.3 is 10.2 Å². The van der Waals surface area contributed by atoms with Gasteiger partial charge >= 0.3 is 6.18 Å².